The summed E-state index contributed by atoms with van der Waals surface area (Å²) >= 11 is 0. The molecule has 0 saturated heterocycles. The summed E-state index contributed by atoms with van der Waals surface area (Å²) in [7, 11) is 0. The Balaban J connectivity index is 3.63. The number of aliphatic hydroxyl groups excluding tert-OH is 1. The molecule has 9 heavy (non-hydrogen) atoms. The molecule has 0 aromatic carbocycles. The van der Waals surface area contributed by atoms with Crippen LogP contribution in [0.4, 0.5) is 0 Å². The van der Waals surface area contributed by atoms with Gasteiger partial charge in [0, 0.05) is 6.42 Å². The Morgan fingerprint density at radius 1 is 1.56 bits per heavy atom. The topological polar surface area (TPSA) is 20.2 Å². The number of allylic oxidation sites excluding steroid dienone is 2. The Bertz CT molecular complexity index is 125. The fourth-order valence-corrected chi connectivity index (χ4v) is 0.528. The summed E-state index contributed by atoms with van der Waals surface area (Å²) in [6.07, 6.45) is 0.634. The van der Waals surface area contributed by atoms with Crippen molar-refractivity contribution in [3.05, 3.63) is 24.5 Å². The van der Waals surface area contributed by atoms with Crippen LogP contribution in [-0.2, 0) is 0 Å². The van der Waals surface area contributed by atoms with E-state index < -0.39 is 0 Å². The molecule has 0 bridgehead atoms. The highest BCUT2D eigenvalue weighted by atomic mass is 16.3. The molecule has 0 aliphatic carbocycles. The molecular weight excluding hydrogens is 112 g/mol. The molecule has 1 heteroatoms. The molecule has 0 heterocycles. The van der Waals surface area contributed by atoms with Crippen LogP contribution in [0, 0.1) is 5.92 Å². The van der Waals surface area contributed by atoms with Gasteiger partial charge in [0.05, 0.1) is 5.76 Å². The zero-order chi connectivity index (χ0) is 7.44. The summed E-state index contributed by atoms with van der Waals surface area (Å²) in [5.41, 5.74) is 1.09. The lowest BCUT2D eigenvalue weighted by molar-refractivity contribution is 0.372. The van der Waals surface area contributed by atoms with E-state index in [4.69, 9.17) is 5.11 Å². The lowest BCUT2D eigenvalue weighted by Crippen LogP contribution is -1.95. The lowest BCUT2D eigenvalue weighted by Gasteiger charge is -2.08. The predicted octanol–water partition coefficient (Wildman–Crippen LogP) is 2.66. The Kier molecular flexibility index (Phi) is 3.07. The second kappa shape index (κ2) is 3.33. The van der Waals surface area contributed by atoms with Crippen molar-refractivity contribution in [2.75, 3.05) is 0 Å². The van der Waals surface area contributed by atoms with Gasteiger partial charge in [-0.3, -0.25) is 0 Å². The van der Waals surface area contributed by atoms with E-state index in [0.717, 1.165) is 5.57 Å². The molecule has 0 unspecified atom stereocenters. The molecule has 0 saturated carbocycles. The van der Waals surface area contributed by atoms with Crippen LogP contribution < -0.4 is 0 Å². The van der Waals surface area contributed by atoms with Crippen LogP contribution in [0.15, 0.2) is 24.5 Å². The molecule has 1 atom stereocenters. The van der Waals surface area contributed by atoms with Gasteiger partial charge in [-0.05, 0) is 12.8 Å². The van der Waals surface area contributed by atoms with Crippen molar-refractivity contribution in [2.24, 2.45) is 5.92 Å². The summed E-state index contributed by atoms with van der Waals surface area (Å²) in [5.74, 6) is 0.591. The first-order valence-electron chi connectivity index (χ1n) is 3.06. The van der Waals surface area contributed by atoms with E-state index in [1.807, 2.05) is 13.8 Å². The second-order valence-corrected chi connectivity index (χ2v) is 2.52. The zero-order valence-corrected chi connectivity index (χ0v) is 6.15. The number of aliphatic hydroxyl groups is 1. The first-order chi connectivity index (χ1) is 4.04. The maximum Gasteiger partial charge on any atom is 0.0856 e. The molecule has 0 radical (unpaired) electrons. The summed E-state index contributed by atoms with van der Waals surface area (Å²) in [6.45, 7) is 11.1. The van der Waals surface area contributed by atoms with Gasteiger partial charge in [-0.25, -0.2) is 0 Å². The maximum atomic E-state index is 8.74. The van der Waals surface area contributed by atoms with E-state index in [9.17, 15) is 0 Å². The third kappa shape index (κ3) is 3.83. The van der Waals surface area contributed by atoms with Crippen LogP contribution in [0.5, 0.6) is 0 Å². The minimum atomic E-state index is 0.241. The Morgan fingerprint density at radius 2 is 2.00 bits per heavy atom. The van der Waals surface area contributed by atoms with E-state index in [1.54, 1.807) is 0 Å². The number of hydrogen-bond donors (Lipinski definition) is 1. The summed E-state index contributed by atoms with van der Waals surface area (Å²) < 4.78 is 0. The largest absolute Gasteiger partial charge is 0.513 e. The van der Waals surface area contributed by atoms with E-state index in [-0.39, 0.29) is 5.76 Å². The Labute approximate surface area is 56.7 Å². The van der Waals surface area contributed by atoms with Crippen molar-refractivity contribution in [2.45, 2.75) is 20.3 Å². The van der Waals surface area contributed by atoms with Crippen molar-refractivity contribution in [1.29, 1.82) is 0 Å². The van der Waals surface area contributed by atoms with Gasteiger partial charge >= 0.3 is 0 Å². The van der Waals surface area contributed by atoms with Gasteiger partial charge in [-0.2, -0.15) is 0 Å². The fourth-order valence-electron chi connectivity index (χ4n) is 0.528. The van der Waals surface area contributed by atoms with Crippen molar-refractivity contribution in [3.63, 3.8) is 0 Å². The van der Waals surface area contributed by atoms with Crippen LogP contribution in [0.2, 0.25) is 0 Å². The molecular formula is C8H14O. The van der Waals surface area contributed by atoms with Gasteiger partial charge in [0.1, 0.15) is 0 Å². The summed E-state index contributed by atoms with van der Waals surface area (Å²) in [4.78, 5) is 0. The highest BCUT2D eigenvalue weighted by Gasteiger charge is 2.02. The van der Waals surface area contributed by atoms with E-state index >= 15 is 0 Å². The summed E-state index contributed by atoms with van der Waals surface area (Å²) in [6, 6.07) is 0. The molecule has 0 aromatic rings. The minimum Gasteiger partial charge on any atom is -0.513 e. The van der Waals surface area contributed by atoms with Gasteiger partial charge < -0.3 is 5.11 Å². The first kappa shape index (κ1) is 8.28. The average molecular weight is 126 g/mol. The quantitative estimate of drug-likeness (QED) is 0.455. The average Bonchev–Trinajstić information content (AvgIpc) is 1.63. The molecule has 0 fully saturated rings. The summed E-state index contributed by atoms with van der Waals surface area (Å²) in [5, 5.41) is 8.74. The van der Waals surface area contributed by atoms with Gasteiger partial charge in [0.15, 0.2) is 0 Å². The minimum absolute atomic E-state index is 0.241. The molecule has 0 rings (SSSR count). The van der Waals surface area contributed by atoms with Crippen LogP contribution in [0.3, 0.4) is 0 Å². The molecule has 1 N–H and O–H groups in total. The molecule has 0 aliphatic heterocycles. The normalized spacial score (nSPS) is 12.7. The second-order valence-electron chi connectivity index (χ2n) is 2.52. The molecule has 0 aromatic heterocycles. The molecule has 1 nitrogen and oxygen atoms in total. The highest BCUT2D eigenvalue weighted by Crippen LogP contribution is 2.14. The number of hydrogen-bond acceptors (Lipinski definition) is 1. The predicted molar refractivity (Wildman–Crippen MR) is 40.4 cm³/mol. The van der Waals surface area contributed by atoms with Crippen molar-refractivity contribution >= 4 is 0 Å². The Hall–Kier alpha value is -0.720. The standard InChI is InChI=1S/C8H14O/c1-6(2)7(3)5-8(4)9/h7,9H,1,4-5H2,2-3H3/t7-/m1/s1. The van der Waals surface area contributed by atoms with Gasteiger partial charge in [0.25, 0.3) is 0 Å². The van der Waals surface area contributed by atoms with E-state index in [0.29, 0.717) is 12.3 Å². The Morgan fingerprint density at radius 3 is 2.11 bits per heavy atom. The van der Waals surface area contributed by atoms with Crippen LogP contribution in [0.25, 0.3) is 0 Å². The van der Waals surface area contributed by atoms with E-state index in [1.165, 1.54) is 0 Å². The maximum absolute atomic E-state index is 8.74. The smallest absolute Gasteiger partial charge is 0.0856 e. The first-order valence-corrected chi connectivity index (χ1v) is 3.06. The van der Waals surface area contributed by atoms with Gasteiger partial charge in [-0.1, -0.05) is 25.7 Å². The van der Waals surface area contributed by atoms with Crippen molar-refractivity contribution < 1.29 is 5.11 Å². The third-order valence-electron chi connectivity index (χ3n) is 1.38. The molecule has 0 amide bonds. The van der Waals surface area contributed by atoms with Crippen molar-refractivity contribution in [3.8, 4) is 0 Å². The van der Waals surface area contributed by atoms with Crippen LogP contribution in [-0.4, -0.2) is 5.11 Å². The van der Waals surface area contributed by atoms with Gasteiger partial charge in [0.2, 0.25) is 0 Å². The number of rotatable bonds is 3. The molecule has 0 spiro atoms. The lowest BCUT2D eigenvalue weighted by atomic mass is 10.0. The molecule has 0 aliphatic rings. The van der Waals surface area contributed by atoms with Gasteiger partial charge in [-0.15, -0.1) is 0 Å². The van der Waals surface area contributed by atoms with Crippen LogP contribution in [0.1, 0.15) is 20.3 Å². The monoisotopic (exact) mass is 126 g/mol. The molecule has 52 valence electrons. The highest BCUT2D eigenvalue weighted by molar-refractivity contribution is 4.98. The zero-order valence-electron chi connectivity index (χ0n) is 6.15. The van der Waals surface area contributed by atoms with Crippen LogP contribution >= 0.6 is 0 Å². The fraction of sp³-hybridized carbons (Fsp3) is 0.500. The SMILES string of the molecule is C=C(O)C[C@@H](C)C(=C)C. The third-order valence-corrected chi connectivity index (χ3v) is 1.38. The van der Waals surface area contributed by atoms with E-state index in [2.05, 4.69) is 13.2 Å². The van der Waals surface area contributed by atoms with Crippen molar-refractivity contribution in [1.82, 2.24) is 0 Å².